The predicted molar refractivity (Wildman–Crippen MR) is 75.5 cm³/mol. The van der Waals surface area contributed by atoms with Crippen molar-refractivity contribution in [2.24, 2.45) is 0 Å². The molecule has 2 aromatic rings. The lowest BCUT2D eigenvalue weighted by Gasteiger charge is -2.09. The highest BCUT2D eigenvalue weighted by atomic mass is 79.9. The smallest absolute Gasteiger partial charge is 0.337 e. The summed E-state index contributed by atoms with van der Waals surface area (Å²) in [5, 5.41) is 11.3. The van der Waals surface area contributed by atoms with Crippen LogP contribution in [-0.2, 0) is 0 Å². The topological polar surface area (TPSA) is 66.4 Å². The fraction of sp³-hybridized carbons (Fsp3) is 0. The number of rotatable bonds is 3. The summed E-state index contributed by atoms with van der Waals surface area (Å²) in [5.41, 5.74) is -0.350. The Balaban J connectivity index is 2.35. The maximum atomic E-state index is 13.7. The second-order valence-electron chi connectivity index (χ2n) is 3.93. The van der Waals surface area contributed by atoms with Gasteiger partial charge in [-0.2, -0.15) is 0 Å². The molecule has 0 aliphatic heterocycles. The zero-order chi connectivity index (χ0) is 14.7. The number of halogens is 2. The molecule has 0 unspecified atom stereocenters. The van der Waals surface area contributed by atoms with E-state index in [4.69, 9.17) is 5.11 Å². The SMILES string of the molecule is O=C(Nc1c(F)cccc1C(=O)O)c1cccc(Br)c1. The molecule has 0 fully saturated rings. The van der Waals surface area contributed by atoms with Crippen LogP contribution in [0.15, 0.2) is 46.9 Å². The van der Waals surface area contributed by atoms with Crippen molar-refractivity contribution >= 4 is 33.5 Å². The molecule has 20 heavy (non-hydrogen) atoms. The lowest BCUT2D eigenvalue weighted by Crippen LogP contribution is -2.16. The Morgan fingerprint density at radius 3 is 2.50 bits per heavy atom. The number of anilines is 1. The van der Waals surface area contributed by atoms with Gasteiger partial charge in [0.25, 0.3) is 5.91 Å². The summed E-state index contributed by atoms with van der Waals surface area (Å²) in [6.45, 7) is 0. The van der Waals surface area contributed by atoms with E-state index < -0.39 is 17.7 Å². The summed E-state index contributed by atoms with van der Waals surface area (Å²) in [6.07, 6.45) is 0. The van der Waals surface area contributed by atoms with Crippen LogP contribution in [0, 0.1) is 5.82 Å². The molecule has 0 spiro atoms. The number of carbonyl (C=O) groups is 2. The molecule has 0 aromatic heterocycles. The Hall–Kier alpha value is -2.21. The molecule has 2 rings (SSSR count). The Labute approximate surface area is 122 Å². The third-order valence-electron chi connectivity index (χ3n) is 2.57. The van der Waals surface area contributed by atoms with Crippen molar-refractivity contribution < 1.29 is 19.1 Å². The van der Waals surface area contributed by atoms with Gasteiger partial charge < -0.3 is 10.4 Å². The first kappa shape index (κ1) is 14.2. The summed E-state index contributed by atoms with van der Waals surface area (Å²) < 4.78 is 14.4. The molecule has 2 N–H and O–H groups in total. The number of amides is 1. The fourth-order valence-corrected chi connectivity index (χ4v) is 2.04. The van der Waals surface area contributed by atoms with Gasteiger partial charge in [-0.3, -0.25) is 4.79 Å². The average Bonchev–Trinajstić information content (AvgIpc) is 2.40. The maximum Gasteiger partial charge on any atom is 0.337 e. The highest BCUT2D eigenvalue weighted by Gasteiger charge is 2.17. The van der Waals surface area contributed by atoms with Crippen LogP contribution in [0.25, 0.3) is 0 Å². The molecule has 102 valence electrons. The first-order valence-corrected chi connectivity index (χ1v) is 6.37. The van der Waals surface area contributed by atoms with E-state index in [-0.39, 0.29) is 11.3 Å². The molecule has 0 aliphatic carbocycles. The monoisotopic (exact) mass is 337 g/mol. The highest BCUT2D eigenvalue weighted by molar-refractivity contribution is 9.10. The zero-order valence-corrected chi connectivity index (χ0v) is 11.6. The van der Waals surface area contributed by atoms with E-state index in [1.807, 2.05) is 0 Å². The lowest BCUT2D eigenvalue weighted by atomic mass is 10.1. The first-order chi connectivity index (χ1) is 9.49. The maximum absolute atomic E-state index is 13.7. The minimum absolute atomic E-state index is 0.291. The molecule has 6 heteroatoms. The Morgan fingerprint density at radius 1 is 1.15 bits per heavy atom. The van der Waals surface area contributed by atoms with Gasteiger partial charge in [0.1, 0.15) is 5.82 Å². The molecule has 1 amide bonds. The highest BCUT2D eigenvalue weighted by Crippen LogP contribution is 2.21. The van der Waals surface area contributed by atoms with E-state index in [1.54, 1.807) is 24.3 Å². The van der Waals surface area contributed by atoms with Crippen molar-refractivity contribution in [1.29, 1.82) is 0 Å². The van der Waals surface area contributed by atoms with Crippen molar-refractivity contribution in [3.05, 3.63) is 63.9 Å². The number of benzene rings is 2. The number of para-hydroxylation sites is 1. The van der Waals surface area contributed by atoms with Crippen LogP contribution in [0.1, 0.15) is 20.7 Å². The minimum atomic E-state index is -1.31. The minimum Gasteiger partial charge on any atom is -0.478 e. The van der Waals surface area contributed by atoms with Crippen molar-refractivity contribution in [3.8, 4) is 0 Å². The second-order valence-corrected chi connectivity index (χ2v) is 4.85. The number of hydrogen-bond donors (Lipinski definition) is 2. The molecule has 2 aromatic carbocycles. The largest absolute Gasteiger partial charge is 0.478 e. The molecule has 0 saturated carbocycles. The quantitative estimate of drug-likeness (QED) is 0.900. The van der Waals surface area contributed by atoms with Gasteiger partial charge in [-0.15, -0.1) is 0 Å². The van der Waals surface area contributed by atoms with E-state index in [0.29, 0.717) is 10.0 Å². The summed E-state index contributed by atoms with van der Waals surface area (Å²) in [4.78, 5) is 23.0. The molecule has 0 bridgehead atoms. The van der Waals surface area contributed by atoms with Crippen LogP contribution in [0.5, 0.6) is 0 Å². The lowest BCUT2D eigenvalue weighted by molar-refractivity contribution is 0.0697. The van der Waals surface area contributed by atoms with Crippen LogP contribution in [0.4, 0.5) is 10.1 Å². The summed E-state index contributed by atoms with van der Waals surface area (Å²) in [7, 11) is 0. The van der Waals surface area contributed by atoms with Crippen molar-refractivity contribution in [2.75, 3.05) is 5.32 Å². The molecule has 0 saturated heterocycles. The third-order valence-corrected chi connectivity index (χ3v) is 3.06. The molecule has 4 nitrogen and oxygen atoms in total. The Kier molecular flexibility index (Phi) is 4.14. The second kappa shape index (κ2) is 5.83. The van der Waals surface area contributed by atoms with E-state index in [0.717, 1.165) is 6.07 Å². The number of carbonyl (C=O) groups excluding carboxylic acids is 1. The van der Waals surface area contributed by atoms with Crippen LogP contribution in [0.3, 0.4) is 0 Å². The van der Waals surface area contributed by atoms with Crippen LogP contribution < -0.4 is 5.32 Å². The van der Waals surface area contributed by atoms with Crippen molar-refractivity contribution in [2.45, 2.75) is 0 Å². The van der Waals surface area contributed by atoms with Crippen molar-refractivity contribution in [1.82, 2.24) is 0 Å². The van der Waals surface area contributed by atoms with Gasteiger partial charge in [0.15, 0.2) is 0 Å². The Morgan fingerprint density at radius 2 is 1.85 bits per heavy atom. The number of carboxylic acid groups (broad SMARTS) is 1. The predicted octanol–water partition coefficient (Wildman–Crippen LogP) is 3.54. The standard InChI is InChI=1S/C14H9BrFNO3/c15-9-4-1-3-8(7-9)13(18)17-12-10(14(19)20)5-2-6-11(12)16/h1-7H,(H,17,18)(H,19,20). The van der Waals surface area contributed by atoms with Gasteiger partial charge in [0.05, 0.1) is 11.3 Å². The summed E-state index contributed by atoms with van der Waals surface area (Å²) in [6, 6.07) is 10.1. The number of nitrogens with one attached hydrogen (secondary N) is 1. The van der Waals surface area contributed by atoms with E-state index in [1.165, 1.54) is 12.1 Å². The average molecular weight is 338 g/mol. The molecule has 0 atom stereocenters. The zero-order valence-electron chi connectivity index (χ0n) is 10.1. The van der Waals surface area contributed by atoms with E-state index in [9.17, 15) is 14.0 Å². The Bertz CT molecular complexity index is 688. The van der Waals surface area contributed by atoms with Gasteiger partial charge in [0.2, 0.25) is 0 Å². The van der Waals surface area contributed by atoms with Gasteiger partial charge in [-0.05, 0) is 30.3 Å². The van der Waals surface area contributed by atoms with Gasteiger partial charge in [0, 0.05) is 10.0 Å². The summed E-state index contributed by atoms with van der Waals surface area (Å²) in [5.74, 6) is -2.69. The molecule has 0 radical (unpaired) electrons. The van der Waals surface area contributed by atoms with Crippen LogP contribution in [-0.4, -0.2) is 17.0 Å². The molecule has 0 aliphatic rings. The number of carboxylic acids is 1. The first-order valence-electron chi connectivity index (χ1n) is 5.58. The molecular weight excluding hydrogens is 329 g/mol. The van der Waals surface area contributed by atoms with E-state index in [2.05, 4.69) is 21.2 Å². The fourth-order valence-electron chi connectivity index (χ4n) is 1.64. The number of aromatic carboxylic acids is 1. The third kappa shape index (κ3) is 3.03. The van der Waals surface area contributed by atoms with Gasteiger partial charge in [-0.25, -0.2) is 9.18 Å². The molecular formula is C14H9BrFNO3. The normalized spacial score (nSPS) is 10.1. The van der Waals surface area contributed by atoms with E-state index >= 15 is 0 Å². The molecule has 0 heterocycles. The number of hydrogen-bond acceptors (Lipinski definition) is 2. The van der Waals surface area contributed by atoms with Crippen LogP contribution in [0.2, 0.25) is 0 Å². The van der Waals surface area contributed by atoms with Gasteiger partial charge in [-0.1, -0.05) is 28.1 Å². The summed E-state index contributed by atoms with van der Waals surface area (Å²) >= 11 is 3.22. The van der Waals surface area contributed by atoms with Gasteiger partial charge >= 0.3 is 5.97 Å². The van der Waals surface area contributed by atoms with Crippen molar-refractivity contribution in [3.63, 3.8) is 0 Å². The van der Waals surface area contributed by atoms with Crippen LogP contribution >= 0.6 is 15.9 Å².